The summed E-state index contributed by atoms with van der Waals surface area (Å²) >= 11 is 0. The minimum atomic E-state index is -1.01. The lowest BCUT2D eigenvalue weighted by Crippen LogP contribution is -2.57. The average molecular weight is 531 g/mol. The van der Waals surface area contributed by atoms with Crippen LogP contribution in [0.2, 0.25) is 0 Å². The first kappa shape index (κ1) is 30.8. The molecule has 1 aliphatic rings. The van der Waals surface area contributed by atoms with Gasteiger partial charge in [0.15, 0.2) is 0 Å². The highest BCUT2D eigenvalue weighted by Gasteiger charge is 2.40. The van der Waals surface area contributed by atoms with Crippen molar-refractivity contribution in [1.82, 2.24) is 20.9 Å². The predicted molar refractivity (Wildman–Crippen MR) is 143 cm³/mol. The zero-order valence-corrected chi connectivity index (χ0v) is 23.3. The number of rotatable bonds is 12. The molecule has 0 radical (unpaired) electrons. The number of nitrogens with zero attached hydrogens (tertiary/aromatic N) is 1. The van der Waals surface area contributed by atoms with E-state index < -0.39 is 41.8 Å². The number of nitrogens with one attached hydrogen (secondary N) is 3. The van der Waals surface area contributed by atoms with Gasteiger partial charge in [-0.05, 0) is 51.5 Å². The van der Waals surface area contributed by atoms with E-state index in [9.17, 15) is 24.0 Å². The molecule has 210 valence electrons. The van der Waals surface area contributed by atoms with E-state index >= 15 is 0 Å². The van der Waals surface area contributed by atoms with E-state index in [1.165, 1.54) is 4.90 Å². The lowest BCUT2D eigenvalue weighted by atomic mass is 10.0. The molecule has 10 nitrogen and oxygen atoms in total. The van der Waals surface area contributed by atoms with Gasteiger partial charge in [0, 0.05) is 6.54 Å². The average Bonchev–Trinajstić information content (AvgIpc) is 3.36. The fraction of sp³-hybridized carbons (Fsp3) is 0.607. The van der Waals surface area contributed by atoms with Crippen LogP contribution >= 0.6 is 0 Å². The maximum atomic E-state index is 13.4. The summed E-state index contributed by atoms with van der Waals surface area (Å²) in [6.07, 6.45) is 0.842. The third kappa shape index (κ3) is 8.56. The summed E-state index contributed by atoms with van der Waals surface area (Å²) in [5.41, 5.74) is 0.857. The second-order valence-corrected chi connectivity index (χ2v) is 10.3. The maximum Gasteiger partial charge on any atom is 0.408 e. The topological polar surface area (TPSA) is 134 Å². The van der Waals surface area contributed by atoms with Gasteiger partial charge < -0.3 is 25.6 Å². The van der Waals surface area contributed by atoms with Crippen LogP contribution in [0.25, 0.3) is 0 Å². The van der Waals surface area contributed by atoms with Crippen LogP contribution in [0.3, 0.4) is 0 Å². The van der Waals surface area contributed by atoms with Gasteiger partial charge in [-0.25, -0.2) is 4.79 Å². The van der Waals surface area contributed by atoms with Crippen molar-refractivity contribution >= 4 is 29.6 Å². The van der Waals surface area contributed by atoms with E-state index in [2.05, 4.69) is 16.0 Å². The van der Waals surface area contributed by atoms with E-state index in [1.807, 2.05) is 37.3 Å². The quantitative estimate of drug-likeness (QED) is 0.356. The van der Waals surface area contributed by atoms with Gasteiger partial charge in [0.1, 0.15) is 12.1 Å². The fourth-order valence-electron chi connectivity index (χ4n) is 4.45. The van der Waals surface area contributed by atoms with Gasteiger partial charge in [-0.3, -0.25) is 19.2 Å². The SMILES string of the molecule is CCC[C@H](NC(=O)[C@@H]1CCCN1C(=O)[C@@H](NC(=O)OC(C)C)C(C)C)C(=O)C(=O)N[C@@H](C)c1ccccc1. The summed E-state index contributed by atoms with van der Waals surface area (Å²) in [6, 6.07) is 6.22. The Balaban J connectivity index is 2.09. The van der Waals surface area contributed by atoms with Crippen LogP contribution in [-0.4, -0.2) is 65.3 Å². The Morgan fingerprint density at radius 3 is 2.21 bits per heavy atom. The number of hydrogen-bond donors (Lipinski definition) is 3. The molecule has 0 aliphatic carbocycles. The Bertz CT molecular complexity index is 981. The zero-order valence-electron chi connectivity index (χ0n) is 23.3. The molecule has 0 bridgehead atoms. The third-order valence-electron chi connectivity index (χ3n) is 6.47. The number of ketones is 1. The van der Waals surface area contributed by atoms with E-state index in [-0.39, 0.29) is 30.4 Å². The van der Waals surface area contributed by atoms with Crippen LogP contribution in [0, 0.1) is 5.92 Å². The Labute approximate surface area is 225 Å². The predicted octanol–water partition coefficient (Wildman–Crippen LogP) is 2.87. The fourth-order valence-corrected chi connectivity index (χ4v) is 4.45. The molecule has 4 atom stereocenters. The molecule has 1 aromatic carbocycles. The molecule has 1 aromatic rings. The van der Waals surface area contributed by atoms with Crippen molar-refractivity contribution in [2.45, 2.75) is 97.5 Å². The number of benzene rings is 1. The summed E-state index contributed by atoms with van der Waals surface area (Å²) < 4.78 is 5.13. The molecule has 38 heavy (non-hydrogen) atoms. The van der Waals surface area contributed by atoms with Crippen LogP contribution in [0.15, 0.2) is 30.3 Å². The molecule has 0 saturated carbocycles. The van der Waals surface area contributed by atoms with Gasteiger partial charge in [-0.2, -0.15) is 0 Å². The van der Waals surface area contributed by atoms with Gasteiger partial charge >= 0.3 is 6.09 Å². The third-order valence-corrected chi connectivity index (χ3v) is 6.47. The van der Waals surface area contributed by atoms with E-state index in [0.717, 1.165) is 5.56 Å². The summed E-state index contributed by atoms with van der Waals surface area (Å²) in [6.45, 7) is 11.0. The molecule has 0 unspecified atom stereocenters. The van der Waals surface area contributed by atoms with Crippen molar-refractivity contribution < 1.29 is 28.7 Å². The summed E-state index contributed by atoms with van der Waals surface area (Å²) in [5.74, 6) is -2.61. The van der Waals surface area contributed by atoms with Crippen LogP contribution < -0.4 is 16.0 Å². The molecular weight excluding hydrogens is 488 g/mol. The zero-order chi connectivity index (χ0) is 28.4. The number of Topliss-reactive ketones (excluding diaryl/α,β-unsaturated/α-hetero) is 1. The van der Waals surface area contributed by atoms with E-state index in [4.69, 9.17) is 4.74 Å². The molecule has 0 spiro atoms. The first-order valence-electron chi connectivity index (χ1n) is 13.4. The number of carbonyl (C=O) groups is 5. The molecule has 2 rings (SSSR count). The van der Waals surface area contributed by atoms with Gasteiger partial charge in [-0.1, -0.05) is 57.5 Å². The summed E-state index contributed by atoms with van der Waals surface area (Å²) in [5, 5.41) is 8.04. The molecule has 0 aromatic heterocycles. The van der Waals surface area contributed by atoms with Crippen LogP contribution in [-0.2, 0) is 23.9 Å². The molecule has 1 heterocycles. The maximum absolute atomic E-state index is 13.4. The minimum absolute atomic E-state index is 0.240. The van der Waals surface area contributed by atoms with Gasteiger partial charge in [0.25, 0.3) is 5.91 Å². The Kier molecular flexibility index (Phi) is 11.7. The number of carbonyl (C=O) groups excluding carboxylic acids is 5. The Hall–Kier alpha value is -3.43. The second-order valence-electron chi connectivity index (χ2n) is 10.3. The molecule has 3 N–H and O–H groups in total. The monoisotopic (exact) mass is 530 g/mol. The van der Waals surface area contributed by atoms with Crippen molar-refractivity contribution in [2.75, 3.05) is 6.54 Å². The smallest absolute Gasteiger partial charge is 0.408 e. The first-order chi connectivity index (χ1) is 18.0. The van der Waals surface area contributed by atoms with Crippen molar-refractivity contribution in [3.8, 4) is 0 Å². The van der Waals surface area contributed by atoms with Crippen molar-refractivity contribution in [2.24, 2.45) is 5.92 Å². The number of alkyl carbamates (subject to hydrolysis) is 1. The van der Waals surface area contributed by atoms with Crippen LogP contribution in [0.5, 0.6) is 0 Å². The Morgan fingerprint density at radius 1 is 0.974 bits per heavy atom. The Morgan fingerprint density at radius 2 is 1.63 bits per heavy atom. The molecule has 1 aliphatic heterocycles. The number of ether oxygens (including phenoxy) is 1. The molecular formula is C28H42N4O6. The highest BCUT2D eigenvalue weighted by Crippen LogP contribution is 2.21. The lowest BCUT2D eigenvalue weighted by molar-refractivity contribution is -0.143. The number of likely N-dealkylation sites (tertiary alicyclic amines) is 1. The first-order valence-corrected chi connectivity index (χ1v) is 13.4. The normalized spacial score (nSPS) is 17.5. The summed E-state index contributed by atoms with van der Waals surface area (Å²) in [7, 11) is 0. The highest BCUT2D eigenvalue weighted by molar-refractivity contribution is 6.38. The standard InChI is InChI=1S/C28H42N4O6/c1-7-12-21(24(33)26(35)29-19(6)20-13-9-8-10-14-20)30-25(34)22-15-11-16-32(22)27(36)23(17(2)3)31-28(37)38-18(4)5/h8-10,13-14,17-19,21-23H,7,11-12,15-16H2,1-6H3,(H,29,35)(H,30,34)(H,31,37)/t19-,21-,22-,23-/m0/s1. The molecule has 10 heteroatoms. The van der Waals surface area contributed by atoms with Crippen molar-refractivity contribution in [3.05, 3.63) is 35.9 Å². The number of hydrogen-bond acceptors (Lipinski definition) is 6. The number of amides is 4. The second kappa shape index (κ2) is 14.5. The highest BCUT2D eigenvalue weighted by atomic mass is 16.6. The summed E-state index contributed by atoms with van der Waals surface area (Å²) in [4.78, 5) is 66.0. The van der Waals surface area contributed by atoms with Gasteiger partial charge in [0.05, 0.1) is 18.2 Å². The largest absolute Gasteiger partial charge is 0.447 e. The molecule has 1 saturated heterocycles. The van der Waals surface area contributed by atoms with E-state index in [0.29, 0.717) is 25.8 Å². The van der Waals surface area contributed by atoms with E-state index in [1.54, 1.807) is 34.6 Å². The van der Waals surface area contributed by atoms with Gasteiger partial charge in [-0.15, -0.1) is 0 Å². The van der Waals surface area contributed by atoms with Crippen molar-refractivity contribution in [3.63, 3.8) is 0 Å². The van der Waals surface area contributed by atoms with Crippen LogP contribution in [0.1, 0.15) is 78.8 Å². The molecule has 4 amide bonds. The minimum Gasteiger partial charge on any atom is -0.447 e. The molecule has 1 fully saturated rings. The van der Waals surface area contributed by atoms with Crippen molar-refractivity contribution in [1.29, 1.82) is 0 Å². The van der Waals surface area contributed by atoms with Gasteiger partial charge in [0.2, 0.25) is 17.6 Å². The van der Waals surface area contributed by atoms with Crippen LogP contribution in [0.4, 0.5) is 4.79 Å². The lowest BCUT2D eigenvalue weighted by Gasteiger charge is -2.31.